The highest BCUT2D eigenvalue weighted by Crippen LogP contribution is 2.41. The molecule has 0 unspecified atom stereocenters. The van der Waals surface area contributed by atoms with Gasteiger partial charge in [0, 0.05) is 62.3 Å². The lowest BCUT2D eigenvalue weighted by atomic mass is 9.94. The highest BCUT2D eigenvalue weighted by atomic mass is 35.5. The van der Waals surface area contributed by atoms with Crippen molar-refractivity contribution in [2.75, 3.05) is 42.8 Å². The second-order valence-corrected chi connectivity index (χ2v) is 13.8. The van der Waals surface area contributed by atoms with Crippen molar-refractivity contribution in [3.05, 3.63) is 70.0 Å². The number of anilines is 2. The lowest BCUT2D eigenvalue weighted by Gasteiger charge is -2.34. The maximum Gasteiger partial charge on any atom is 0.267 e. The molecule has 1 saturated heterocycles. The van der Waals surface area contributed by atoms with E-state index in [1.54, 1.807) is 7.05 Å². The summed E-state index contributed by atoms with van der Waals surface area (Å²) in [7, 11) is -0.300. The predicted molar refractivity (Wildman–Crippen MR) is 176 cm³/mol. The summed E-state index contributed by atoms with van der Waals surface area (Å²) < 4.78 is 37.0. The number of rotatable bonds is 10. The first-order valence-electron chi connectivity index (χ1n) is 14.6. The Balaban J connectivity index is 1.64. The van der Waals surface area contributed by atoms with Gasteiger partial charge in [-0.25, -0.2) is 18.1 Å². The number of nitrogens with zero attached hydrogens (tertiary/aromatic N) is 6. The summed E-state index contributed by atoms with van der Waals surface area (Å²) >= 11 is 13.3. The zero-order chi connectivity index (χ0) is 31.6. The molecule has 10 nitrogen and oxygen atoms in total. The van der Waals surface area contributed by atoms with E-state index in [1.165, 1.54) is 17.1 Å². The van der Waals surface area contributed by atoms with Crippen LogP contribution in [-0.4, -0.2) is 66.3 Å². The molecule has 2 aromatic carbocycles. The van der Waals surface area contributed by atoms with Gasteiger partial charge in [0.15, 0.2) is 5.75 Å². The van der Waals surface area contributed by atoms with E-state index in [1.807, 2.05) is 37.3 Å². The highest BCUT2D eigenvalue weighted by Gasteiger charge is 2.25. The van der Waals surface area contributed by atoms with Crippen molar-refractivity contribution < 1.29 is 13.2 Å². The van der Waals surface area contributed by atoms with Crippen LogP contribution in [0.25, 0.3) is 11.3 Å². The summed E-state index contributed by atoms with van der Waals surface area (Å²) in [6, 6.07) is 11.7. The van der Waals surface area contributed by atoms with Gasteiger partial charge in [-0.15, -0.1) is 0 Å². The molecule has 44 heavy (non-hydrogen) atoms. The van der Waals surface area contributed by atoms with E-state index < -0.39 is 10.0 Å². The van der Waals surface area contributed by atoms with E-state index in [0.717, 1.165) is 49.4 Å². The van der Waals surface area contributed by atoms with Gasteiger partial charge in [-0.3, -0.25) is 4.68 Å². The fourth-order valence-corrected chi connectivity index (χ4v) is 6.48. The van der Waals surface area contributed by atoms with Gasteiger partial charge in [0.25, 0.3) is 10.0 Å². The van der Waals surface area contributed by atoms with E-state index in [9.17, 15) is 8.42 Å². The first kappa shape index (κ1) is 32.0. The lowest BCUT2D eigenvalue weighted by molar-refractivity contribution is 0.312. The van der Waals surface area contributed by atoms with Crippen LogP contribution in [0.1, 0.15) is 31.9 Å². The summed E-state index contributed by atoms with van der Waals surface area (Å²) in [5.74, 6) is 0.770. The number of aromatic nitrogens is 4. The number of ether oxygens (including phenoxy) is 1. The van der Waals surface area contributed by atoms with Gasteiger partial charge in [0.05, 0.1) is 16.9 Å². The van der Waals surface area contributed by atoms with Crippen molar-refractivity contribution in [1.29, 1.82) is 0 Å². The van der Waals surface area contributed by atoms with Crippen LogP contribution in [0.5, 0.6) is 11.6 Å². The Hall–Kier alpha value is -3.38. The Labute approximate surface area is 269 Å². The van der Waals surface area contributed by atoms with Gasteiger partial charge in [0.2, 0.25) is 11.8 Å². The first-order valence-corrected chi connectivity index (χ1v) is 16.8. The molecule has 0 bridgehead atoms. The van der Waals surface area contributed by atoms with Crippen LogP contribution in [0, 0.1) is 5.92 Å². The molecular weight excluding hydrogens is 621 g/mol. The smallest absolute Gasteiger partial charge is 0.267 e. The summed E-state index contributed by atoms with van der Waals surface area (Å²) in [6.07, 6.45) is 4.00. The molecule has 1 aliphatic heterocycles. The number of nitrogens with one attached hydrogen (secondary N) is 1. The summed E-state index contributed by atoms with van der Waals surface area (Å²) in [5, 5.41) is 4.59. The minimum absolute atomic E-state index is 0.0119. The van der Waals surface area contributed by atoms with Gasteiger partial charge in [-0.2, -0.15) is 10.1 Å². The molecule has 0 aliphatic carbocycles. The quantitative estimate of drug-likeness (QED) is 0.212. The zero-order valence-electron chi connectivity index (χ0n) is 25.5. The molecule has 2 aromatic heterocycles. The molecule has 5 rings (SSSR count). The topological polar surface area (TPSA) is 105 Å². The van der Waals surface area contributed by atoms with E-state index in [0.29, 0.717) is 34.4 Å². The van der Waals surface area contributed by atoms with Gasteiger partial charge in [-0.1, -0.05) is 68.2 Å². The third kappa shape index (κ3) is 7.12. The normalized spacial score (nSPS) is 14.3. The van der Waals surface area contributed by atoms with Crippen molar-refractivity contribution in [3.8, 4) is 22.9 Å². The third-order valence-corrected chi connectivity index (χ3v) is 9.56. The average molecular weight is 659 g/mol. The Morgan fingerprint density at radius 1 is 1.05 bits per heavy atom. The molecule has 0 radical (unpaired) electrons. The van der Waals surface area contributed by atoms with Crippen LogP contribution in [0.3, 0.4) is 0 Å². The molecule has 4 aromatic rings. The third-order valence-electron chi connectivity index (χ3n) is 7.50. The lowest BCUT2D eigenvalue weighted by Crippen LogP contribution is -2.44. The molecule has 0 atom stereocenters. The summed E-state index contributed by atoms with van der Waals surface area (Å²) in [5.41, 5.74) is 4.14. The van der Waals surface area contributed by atoms with Crippen molar-refractivity contribution >= 4 is 44.9 Å². The van der Waals surface area contributed by atoms with Crippen LogP contribution >= 0.6 is 23.2 Å². The van der Waals surface area contributed by atoms with E-state index >= 15 is 0 Å². The molecule has 1 N–H and O–H groups in total. The number of hydrogen-bond donors (Lipinski definition) is 1. The molecular formula is C31H37Cl2N7O3S. The highest BCUT2D eigenvalue weighted by molar-refractivity contribution is 7.92. The maximum absolute atomic E-state index is 13.3. The average Bonchev–Trinajstić information content (AvgIpc) is 3.43. The Kier molecular flexibility index (Phi) is 9.69. The number of piperazine rings is 1. The zero-order valence-corrected chi connectivity index (χ0v) is 27.8. The van der Waals surface area contributed by atoms with Gasteiger partial charge < -0.3 is 14.5 Å². The van der Waals surface area contributed by atoms with Gasteiger partial charge >= 0.3 is 0 Å². The van der Waals surface area contributed by atoms with Crippen LogP contribution in [0.15, 0.2) is 53.7 Å². The molecule has 13 heteroatoms. The molecule has 3 heterocycles. The fraction of sp³-hybridized carbons (Fsp3) is 0.387. The molecule has 0 spiro atoms. The summed E-state index contributed by atoms with van der Waals surface area (Å²) in [4.78, 5) is 13.8. The van der Waals surface area contributed by atoms with Gasteiger partial charge in [0.1, 0.15) is 9.92 Å². The van der Waals surface area contributed by atoms with Crippen LogP contribution in [0.2, 0.25) is 10.0 Å². The van der Waals surface area contributed by atoms with E-state index in [2.05, 4.69) is 51.6 Å². The Bertz CT molecular complexity index is 1750. The second kappa shape index (κ2) is 13.3. The number of benzene rings is 2. The van der Waals surface area contributed by atoms with Gasteiger partial charge in [-0.05, 0) is 37.4 Å². The van der Waals surface area contributed by atoms with Crippen molar-refractivity contribution in [2.45, 2.75) is 38.5 Å². The molecule has 1 fully saturated rings. The fourth-order valence-electron chi connectivity index (χ4n) is 5.20. The SMILES string of the molecule is CCc1c(Oc2cc(N3CCN(C)CC3)cc(Cl)c2Cl)nc(NS(=O)(=O)c2cnn(C)c2)nc1-c1ccccc1CC(C)C. The molecule has 0 saturated carbocycles. The largest absolute Gasteiger partial charge is 0.437 e. The molecule has 0 amide bonds. The number of halogens is 2. The van der Waals surface area contributed by atoms with Crippen molar-refractivity contribution in [3.63, 3.8) is 0 Å². The second-order valence-electron chi connectivity index (χ2n) is 11.4. The van der Waals surface area contributed by atoms with Crippen LogP contribution < -0.4 is 14.4 Å². The molecule has 234 valence electrons. The predicted octanol–water partition coefficient (Wildman–Crippen LogP) is 6.29. The minimum Gasteiger partial charge on any atom is -0.437 e. The van der Waals surface area contributed by atoms with Crippen molar-refractivity contribution in [2.24, 2.45) is 13.0 Å². The Morgan fingerprint density at radius 3 is 2.43 bits per heavy atom. The first-order chi connectivity index (χ1) is 20.9. The van der Waals surface area contributed by atoms with Crippen molar-refractivity contribution in [1.82, 2.24) is 24.6 Å². The number of aryl methyl sites for hydroxylation is 1. The standard InChI is InChI=1S/C31H37Cl2N7O3S/c1-6-24-29(25-10-8-7-9-21(25)15-20(2)3)35-31(37-44(41,42)23-18-34-39(5)19-23)36-30(24)43-27-17-22(16-26(32)28(27)33)40-13-11-38(4)12-14-40/h7-10,16-20H,6,11-15H2,1-5H3,(H,35,36,37). The monoisotopic (exact) mass is 657 g/mol. The number of likely N-dealkylation sites (N-methyl/N-ethyl adjacent to an activating group) is 1. The minimum atomic E-state index is -4.04. The number of hydrogen-bond acceptors (Lipinski definition) is 8. The maximum atomic E-state index is 13.3. The van der Waals surface area contributed by atoms with E-state index in [4.69, 9.17) is 32.9 Å². The number of sulfonamides is 1. The van der Waals surface area contributed by atoms with Crippen LogP contribution in [-0.2, 0) is 29.9 Å². The molecule has 1 aliphatic rings. The van der Waals surface area contributed by atoms with E-state index in [-0.39, 0.29) is 21.7 Å². The Morgan fingerprint density at radius 2 is 1.77 bits per heavy atom. The summed E-state index contributed by atoms with van der Waals surface area (Å²) in [6.45, 7) is 9.78. The van der Waals surface area contributed by atoms with Crippen LogP contribution in [0.4, 0.5) is 11.6 Å².